The Balaban J connectivity index is 2.37. The van der Waals surface area contributed by atoms with Crippen LogP contribution < -0.4 is 16.4 Å². The first kappa shape index (κ1) is 20.9. The van der Waals surface area contributed by atoms with Crippen molar-refractivity contribution < 1.29 is 14.3 Å². The molecule has 1 heterocycles. The Labute approximate surface area is 164 Å². The van der Waals surface area contributed by atoms with Gasteiger partial charge in [-0.25, -0.2) is 4.79 Å². The number of hydrogen-bond donors (Lipinski definition) is 3. The highest BCUT2D eigenvalue weighted by Gasteiger charge is 2.27. The van der Waals surface area contributed by atoms with Crippen molar-refractivity contribution in [2.24, 2.45) is 5.92 Å². The van der Waals surface area contributed by atoms with Gasteiger partial charge in [0.25, 0.3) is 5.91 Å². The van der Waals surface area contributed by atoms with Crippen LogP contribution in [0.3, 0.4) is 0 Å². The number of ether oxygens (including phenoxy) is 1. The molecule has 4 N–H and O–H groups in total. The first-order chi connectivity index (χ1) is 12.9. The second-order valence-electron chi connectivity index (χ2n) is 6.46. The van der Waals surface area contributed by atoms with E-state index < -0.39 is 5.97 Å². The molecule has 1 atom stereocenters. The fourth-order valence-electron chi connectivity index (χ4n) is 2.99. The fraction of sp³-hybridized carbons (Fsp3) is 0.400. The molecule has 7 heteroatoms. The van der Waals surface area contributed by atoms with Gasteiger partial charge < -0.3 is 21.1 Å². The second-order valence-corrected chi connectivity index (χ2v) is 7.51. The predicted molar refractivity (Wildman–Crippen MR) is 109 cm³/mol. The predicted octanol–water partition coefficient (Wildman–Crippen LogP) is 3.35. The maximum Gasteiger partial charge on any atom is 0.341 e. The lowest BCUT2D eigenvalue weighted by Crippen LogP contribution is -2.28. The van der Waals surface area contributed by atoms with Crippen molar-refractivity contribution in [1.82, 2.24) is 10.6 Å². The number of carbonyl (C=O) groups excluding carboxylic acids is 2. The maximum atomic E-state index is 12.4. The Morgan fingerprint density at radius 2 is 1.89 bits per heavy atom. The normalized spacial score (nSPS) is 12.0. The molecule has 0 fully saturated rings. The Morgan fingerprint density at radius 1 is 1.22 bits per heavy atom. The molecule has 0 bridgehead atoms. The zero-order chi connectivity index (χ0) is 20.0. The van der Waals surface area contributed by atoms with Crippen LogP contribution in [0.15, 0.2) is 30.3 Å². The summed E-state index contributed by atoms with van der Waals surface area (Å²) in [5.41, 5.74) is 8.06. The van der Waals surface area contributed by atoms with E-state index in [1.54, 1.807) is 14.0 Å². The molecule has 1 aromatic carbocycles. The van der Waals surface area contributed by atoms with Gasteiger partial charge in [0, 0.05) is 25.2 Å². The van der Waals surface area contributed by atoms with E-state index in [4.69, 9.17) is 10.5 Å². The Hall–Kier alpha value is -2.38. The van der Waals surface area contributed by atoms with E-state index in [-0.39, 0.29) is 24.1 Å². The van der Waals surface area contributed by atoms with E-state index in [0.29, 0.717) is 27.9 Å². The monoisotopic (exact) mass is 389 g/mol. The van der Waals surface area contributed by atoms with Gasteiger partial charge in [-0.1, -0.05) is 44.2 Å². The van der Waals surface area contributed by atoms with Crippen LogP contribution in [0.5, 0.6) is 0 Å². The highest BCUT2D eigenvalue weighted by molar-refractivity contribution is 7.18. The van der Waals surface area contributed by atoms with E-state index >= 15 is 0 Å². The van der Waals surface area contributed by atoms with Gasteiger partial charge in [0.05, 0.1) is 17.0 Å². The number of nitrogen functional groups attached to an aromatic ring is 1. The number of benzene rings is 1. The molecular weight excluding hydrogens is 362 g/mol. The van der Waals surface area contributed by atoms with Crippen LogP contribution in [0.2, 0.25) is 0 Å². The van der Waals surface area contributed by atoms with Crippen LogP contribution in [0.25, 0.3) is 0 Å². The summed E-state index contributed by atoms with van der Waals surface area (Å²) in [7, 11) is 1.56. The molecule has 146 valence electrons. The lowest BCUT2D eigenvalue weighted by Gasteiger charge is -2.23. The molecule has 0 aliphatic heterocycles. The molecule has 27 heavy (non-hydrogen) atoms. The molecule has 0 radical (unpaired) electrons. The van der Waals surface area contributed by atoms with Gasteiger partial charge in [-0.3, -0.25) is 4.79 Å². The average molecular weight is 390 g/mol. The van der Waals surface area contributed by atoms with E-state index in [1.807, 2.05) is 18.2 Å². The van der Waals surface area contributed by atoms with Gasteiger partial charge in [0.15, 0.2) is 0 Å². The lowest BCUT2D eigenvalue weighted by atomic mass is 9.95. The quantitative estimate of drug-likeness (QED) is 0.602. The van der Waals surface area contributed by atoms with E-state index in [9.17, 15) is 9.59 Å². The highest BCUT2D eigenvalue weighted by atomic mass is 32.1. The van der Waals surface area contributed by atoms with Crippen molar-refractivity contribution in [3.63, 3.8) is 0 Å². The van der Waals surface area contributed by atoms with Gasteiger partial charge in [0.2, 0.25) is 0 Å². The highest BCUT2D eigenvalue weighted by Crippen LogP contribution is 2.33. The number of esters is 1. The second kappa shape index (κ2) is 9.53. The Kier molecular flexibility index (Phi) is 7.38. The van der Waals surface area contributed by atoms with Crippen molar-refractivity contribution in [2.45, 2.75) is 33.4 Å². The Bertz CT molecular complexity index is 787. The Morgan fingerprint density at radius 3 is 2.44 bits per heavy atom. The van der Waals surface area contributed by atoms with Crippen LogP contribution in [0.4, 0.5) is 5.00 Å². The van der Waals surface area contributed by atoms with Crippen molar-refractivity contribution in [3.05, 3.63) is 51.9 Å². The number of carbonyl (C=O) groups is 2. The van der Waals surface area contributed by atoms with Crippen molar-refractivity contribution in [2.75, 3.05) is 19.4 Å². The van der Waals surface area contributed by atoms with Crippen LogP contribution in [0.1, 0.15) is 58.0 Å². The largest absolute Gasteiger partial charge is 0.462 e. The van der Waals surface area contributed by atoms with Crippen LogP contribution >= 0.6 is 11.3 Å². The number of anilines is 1. The van der Waals surface area contributed by atoms with E-state index in [1.165, 1.54) is 0 Å². The topological polar surface area (TPSA) is 93.5 Å². The van der Waals surface area contributed by atoms with Gasteiger partial charge in [0.1, 0.15) is 5.00 Å². The molecule has 0 spiro atoms. The summed E-state index contributed by atoms with van der Waals surface area (Å²) in [6.07, 6.45) is 0. The summed E-state index contributed by atoms with van der Waals surface area (Å²) in [6.45, 7) is 6.57. The number of rotatable bonds is 8. The maximum absolute atomic E-state index is 12.4. The molecule has 0 aliphatic carbocycles. The molecule has 0 saturated carbocycles. The minimum Gasteiger partial charge on any atom is -0.462 e. The van der Waals surface area contributed by atoms with Gasteiger partial charge >= 0.3 is 5.97 Å². The third-order valence-electron chi connectivity index (χ3n) is 4.27. The van der Waals surface area contributed by atoms with Crippen molar-refractivity contribution in [1.29, 1.82) is 0 Å². The fourth-order valence-corrected chi connectivity index (χ4v) is 4.01. The third-order valence-corrected chi connectivity index (χ3v) is 5.33. The molecule has 1 aromatic heterocycles. The standard InChI is InChI=1S/C20H27N3O3S/c1-5-26-20(25)15-14(17(19(24)22-4)27-18(15)21)11-23-16(12(2)3)13-9-7-6-8-10-13/h6-10,12,16,23H,5,11,21H2,1-4H3,(H,22,24)/t16-/m1/s1. The number of nitrogens with one attached hydrogen (secondary N) is 2. The molecule has 2 rings (SSSR count). The summed E-state index contributed by atoms with van der Waals surface area (Å²) in [4.78, 5) is 25.1. The summed E-state index contributed by atoms with van der Waals surface area (Å²) in [6, 6.07) is 10.2. The molecule has 1 amide bonds. The van der Waals surface area contributed by atoms with Crippen molar-refractivity contribution in [3.8, 4) is 0 Å². The summed E-state index contributed by atoms with van der Waals surface area (Å²) >= 11 is 1.11. The SMILES string of the molecule is CCOC(=O)c1c(N)sc(C(=O)NC)c1CN[C@@H](c1ccccc1)C(C)C. The number of thiophene rings is 1. The van der Waals surface area contributed by atoms with Crippen molar-refractivity contribution >= 4 is 28.2 Å². The summed E-state index contributed by atoms with van der Waals surface area (Å²) < 4.78 is 5.14. The first-order valence-electron chi connectivity index (χ1n) is 8.99. The third kappa shape index (κ3) is 4.87. The first-order valence-corrected chi connectivity index (χ1v) is 9.80. The zero-order valence-corrected chi connectivity index (χ0v) is 17.0. The number of amides is 1. The minimum atomic E-state index is -0.501. The smallest absolute Gasteiger partial charge is 0.341 e. The van der Waals surface area contributed by atoms with Gasteiger partial charge in [-0.05, 0) is 18.4 Å². The average Bonchev–Trinajstić information content (AvgIpc) is 2.98. The molecule has 6 nitrogen and oxygen atoms in total. The molecule has 0 unspecified atom stereocenters. The van der Waals surface area contributed by atoms with Gasteiger partial charge in [-0.15, -0.1) is 11.3 Å². The molecule has 0 saturated heterocycles. The molecule has 0 aliphatic rings. The van der Waals surface area contributed by atoms with E-state index in [2.05, 4.69) is 36.6 Å². The lowest BCUT2D eigenvalue weighted by molar-refractivity contribution is 0.0526. The minimum absolute atomic E-state index is 0.0694. The van der Waals surface area contributed by atoms with Crippen LogP contribution in [-0.2, 0) is 11.3 Å². The molecular formula is C20H27N3O3S. The summed E-state index contributed by atoms with van der Waals surface area (Å²) in [5.74, 6) is -0.447. The van der Waals surface area contributed by atoms with Crippen LogP contribution in [-0.4, -0.2) is 25.5 Å². The van der Waals surface area contributed by atoms with E-state index in [0.717, 1.165) is 16.9 Å². The number of nitrogens with two attached hydrogens (primary N) is 1. The van der Waals surface area contributed by atoms with Gasteiger partial charge in [-0.2, -0.15) is 0 Å². The summed E-state index contributed by atoms with van der Waals surface area (Å²) in [5, 5.41) is 6.39. The zero-order valence-electron chi connectivity index (χ0n) is 16.2. The number of hydrogen-bond acceptors (Lipinski definition) is 6. The molecule has 2 aromatic rings. The van der Waals surface area contributed by atoms with Crippen LogP contribution in [0, 0.1) is 5.92 Å².